The molecule has 0 N–H and O–H groups in total. The van der Waals surface area contributed by atoms with Gasteiger partial charge in [0, 0.05) is 24.0 Å². The number of piperidine rings is 1. The minimum Gasteiger partial charge on any atom is -0.497 e. The van der Waals surface area contributed by atoms with E-state index in [9.17, 15) is 4.79 Å². The molecular formula is C21H21ClN2O4. The summed E-state index contributed by atoms with van der Waals surface area (Å²) in [4.78, 5) is 18.8. The van der Waals surface area contributed by atoms with Gasteiger partial charge in [0.15, 0.2) is 18.1 Å². The number of benzene rings is 2. The first-order valence-corrected chi connectivity index (χ1v) is 9.61. The van der Waals surface area contributed by atoms with Crippen molar-refractivity contribution in [2.45, 2.75) is 18.8 Å². The summed E-state index contributed by atoms with van der Waals surface area (Å²) in [7, 11) is 1.61. The Kier molecular flexibility index (Phi) is 5.39. The molecule has 0 unspecified atom stereocenters. The second-order valence-electron chi connectivity index (χ2n) is 6.78. The number of carbonyl (C=O) groups is 1. The number of amides is 1. The lowest BCUT2D eigenvalue weighted by Crippen LogP contribution is -2.40. The average Bonchev–Trinajstić information content (AvgIpc) is 3.15. The molecule has 4 rings (SSSR count). The molecular weight excluding hydrogens is 380 g/mol. The number of ether oxygens (including phenoxy) is 2. The number of aromatic nitrogens is 1. The number of halogens is 1. The van der Waals surface area contributed by atoms with Crippen LogP contribution in [-0.4, -0.2) is 42.6 Å². The highest BCUT2D eigenvalue weighted by molar-refractivity contribution is 6.31. The zero-order valence-electron chi connectivity index (χ0n) is 15.6. The number of oxazole rings is 1. The fraction of sp³-hybridized carbons (Fsp3) is 0.333. The maximum atomic E-state index is 12.4. The monoisotopic (exact) mass is 400 g/mol. The number of nitrogens with zero attached hydrogens (tertiary/aromatic N) is 2. The molecule has 1 aliphatic rings. The van der Waals surface area contributed by atoms with E-state index in [2.05, 4.69) is 4.98 Å². The van der Waals surface area contributed by atoms with Crippen molar-refractivity contribution in [1.82, 2.24) is 9.88 Å². The topological polar surface area (TPSA) is 64.8 Å². The first kappa shape index (κ1) is 18.6. The number of hydrogen-bond acceptors (Lipinski definition) is 5. The number of fused-ring (bicyclic) bond motifs is 1. The predicted molar refractivity (Wildman–Crippen MR) is 106 cm³/mol. The Morgan fingerprint density at radius 1 is 1.18 bits per heavy atom. The summed E-state index contributed by atoms with van der Waals surface area (Å²) in [5.41, 5.74) is 1.51. The van der Waals surface area contributed by atoms with Crippen molar-refractivity contribution < 1.29 is 18.7 Å². The number of rotatable bonds is 5. The van der Waals surface area contributed by atoms with E-state index >= 15 is 0 Å². The van der Waals surface area contributed by atoms with Gasteiger partial charge in [-0.3, -0.25) is 4.79 Å². The van der Waals surface area contributed by atoms with Crippen molar-refractivity contribution in [1.29, 1.82) is 0 Å². The molecule has 146 valence electrons. The van der Waals surface area contributed by atoms with Gasteiger partial charge in [-0.05, 0) is 55.3 Å². The lowest BCUT2D eigenvalue weighted by Gasteiger charge is -2.30. The van der Waals surface area contributed by atoms with E-state index in [-0.39, 0.29) is 18.4 Å². The Bertz CT molecular complexity index is 962. The van der Waals surface area contributed by atoms with Crippen LogP contribution in [0, 0.1) is 0 Å². The van der Waals surface area contributed by atoms with Gasteiger partial charge in [-0.15, -0.1) is 0 Å². The lowest BCUT2D eigenvalue weighted by atomic mass is 9.97. The summed E-state index contributed by atoms with van der Waals surface area (Å²) in [5, 5.41) is 0.643. The molecule has 1 aliphatic heterocycles. The molecule has 1 fully saturated rings. The van der Waals surface area contributed by atoms with E-state index in [1.54, 1.807) is 43.5 Å². The summed E-state index contributed by atoms with van der Waals surface area (Å²) < 4.78 is 16.6. The molecule has 1 amide bonds. The van der Waals surface area contributed by atoms with Crippen molar-refractivity contribution in [2.24, 2.45) is 0 Å². The molecule has 7 heteroatoms. The molecule has 0 saturated carbocycles. The van der Waals surface area contributed by atoms with Crippen molar-refractivity contribution in [3.63, 3.8) is 0 Å². The molecule has 6 nitrogen and oxygen atoms in total. The maximum absolute atomic E-state index is 12.4. The Balaban J connectivity index is 1.30. The molecule has 0 bridgehead atoms. The highest BCUT2D eigenvalue weighted by Gasteiger charge is 2.27. The van der Waals surface area contributed by atoms with Crippen LogP contribution in [-0.2, 0) is 4.79 Å². The number of hydrogen-bond donors (Lipinski definition) is 0. The third kappa shape index (κ3) is 4.07. The Hall–Kier alpha value is -2.73. The fourth-order valence-corrected chi connectivity index (χ4v) is 3.54. The van der Waals surface area contributed by atoms with E-state index in [0.717, 1.165) is 35.6 Å². The molecule has 1 aromatic heterocycles. The van der Waals surface area contributed by atoms with Gasteiger partial charge in [0.1, 0.15) is 17.0 Å². The van der Waals surface area contributed by atoms with E-state index in [4.69, 9.17) is 25.5 Å². The smallest absolute Gasteiger partial charge is 0.260 e. The van der Waals surface area contributed by atoms with Gasteiger partial charge in [0.25, 0.3) is 5.91 Å². The largest absolute Gasteiger partial charge is 0.497 e. The Labute approximate surface area is 168 Å². The number of methoxy groups -OCH3 is 1. The van der Waals surface area contributed by atoms with Gasteiger partial charge in [-0.25, -0.2) is 4.98 Å². The first-order valence-electron chi connectivity index (χ1n) is 9.23. The van der Waals surface area contributed by atoms with Crippen LogP contribution in [0.4, 0.5) is 0 Å². The van der Waals surface area contributed by atoms with Crippen LogP contribution in [0.3, 0.4) is 0 Å². The van der Waals surface area contributed by atoms with Crippen LogP contribution < -0.4 is 9.47 Å². The molecule has 2 heterocycles. The van der Waals surface area contributed by atoms with E-state index in [1.807, 2.05) is 11.0 Å². The van der Waals surface area contributed by atoms with Gasteiger partial charge >= 0.3 is 0 Å². The van der Waals surface area contributed by atoms with Gasteiger partial charge < -0.3 is 18.8 Å². The van der Waals surface area contributed by atoms with Gasteiger partial charge in [-0.1, -0.05) is 11.6 Å². The normalized spacial score (nSPS) is 15.0. The molecule has 0 atom stereocenters. The van der Waals surface area contributed by atoms with Crippen LogP contribution in [0.25, 0.3) is 11.1 Å². The number of carbonyl (C=O) groups excluding carboxylic acids is 1. The summed E-state index contributed by atoms with van der Waals surface area (Å²) in [6, 6.07) is 12.6. The summed E-state index contributed by atoms with van der Waals surface area (Å²) >= 11 is 6.01. The van der Waals surface area contributed by atoms with Gasteiger partial charge in [0.05, 0.1) is 7.11 Å². The minimum absolute atomic E-state index is 0.0152. The van der Waals surface area contributed by atoms with Gasteiger partial charge in [-0.2, -0.15) is 0 Å². The lowest BCUT2D eigenvalue weighted by molar-refractivity contribution is -0.134. The highest BCUT2D eigenvalue weighted by Crippen LogP contribution is 2.31. The first-order chi connectivity index (χ1) is 13.6. The van der Waals surface area contributed by atoms with Crippen LogP contribution in [0.15, 0.2) is 46.9 Å². The van der Waals surface area contributed by atoms with Crippen molar-refractivity contribution in [3.8, 4) is 11.5 Å². The quantitative estimate of drug-likeness (QED) is 0.639. The third-order valence-corrected chi connectivity index (χ3v) is 5.22. The van der Waals surface area contributed by atoms with Gasteiger partial charge in [0.2, 0.25) is 0 Å². The van der Waals surface area contributed by atoms with Crippen LogP contribution >= 0.6 is 11.6 Å². The molecule has 3 aromatic rings. The second-order valence-corrected chi connectivity index (χ2v) is 7.22. The van der Waals surface area contributed by atoms with Crippen molar-refractivity contribution in [2.75, 3.05) is 26.8 Å². The standard InChI is InChI=1S/C21H21ClN2O4/c1-26-16-3-5-17(6-4-16)27-13-20(25)24-10-8-14(9-11-24)21-23-18-12-15(22)2-7-19(18)28-21/h2-7,12,14H,8-11,13H2,1H3. The molecule has 0 aliphatic carbocycles. The number of likely N-dealkylation sites (tertiary alicyclic amines) is 1. The average molecular weight is 401 g/mol. The van der Waals surface area contributed by atoms with Crippen LogP contribution in [0.5, 0.6) is 11.5 Å². The predicted octanol–water partition coefficient (Wildman–Crippen LogP) is 4.27. The van der Waals surface area contributed by atoms with Crippen molar-refractivity contribution in [3.05, 3.63) is 53.4 Å². The van der Waals surface area contributed by atoms with E-state index in [1.165, 1.54) is 0 Å². The van der Waals surface area contributed by atoms with Crippen LogP contribution in [0.2, 0.25) is 5.02 Å². The molecule has 0 spiro atoms. The zero-order valence-corrected chi connectivity index (χ0v) is 16.3. The molecule has 28 heavy (non-hydrogen) atoms. The fourth-order valence-electron chi connectivity index (χ4n) is 3.38. The zero-order chi connectivity index (χ0) is 19.5. The van der Waals surface area contributed by atoms with E-state index < -0.39 is 0 Å². The third-order valence-electron chi connectivity index (χ3n) is 4.98. The maximum Gasteiger partial charge on any atom is 0.260 e. The van der Waals surface area contributed by atoms with Crippen molar-refractivity contribution >= 4 is 28.6 Å². The Morgan fingerprint density at radius 2 is 1.89 bits per heavy atom. The summed E-state index contributed by atoms with van der Waals surface area (Å²) in [6.07, 6.45) is 1.63. The summed E-state index contributed by atoms with van der Waals surface area (Å²) in [5.74, 6) is 2.31. The Morgan fingerprint density at radius 3 is 2.61 bits per heavy atom. The second kappa shape index (κ2) is 8.10. The molecule has 1 saturated heterocycles. The summed E-state index contributed by atoms with van der Waals surface area (Å²) in [6.45, 7) is 1.35. The SMILES string of the molecule is COc1ccc(OCC(=O)N2CCC(c3nc4cc(Cl)ccc4o3)CC2)cc1. The molecule has 0 radical (unpaired) electrons. The minimum atomic E-state index is -0.0152. The van der Waals surface area contributed by atoms with E-state index in [0.29, 0.717) is 23.9 Å². The molecule has 2 aromatic carbocycles. The van der Waals surface area contributed by atoms with Crippen LogP contribution in [0.1, 0.15) is 24.7 Å². The highest BCUT2D eigenvalue weighted by atomic mass is 35.5.